The Bertz CT molecular complexity index is 936. The van der Waals surface area contributed by atoms with Crippen molar-refractivity contribution in [1.82, 2.24) is 5.32 Å². The summed E-state index contributed by atoms with van der Waals surface area (Å²) in [5.41, 5.74) is 2.91. The lowest BCUT2D eigenvalue weighted by Crippen LogP contribution is -2.30. The van der Waals surface area contributed by atoms with E-state index in [-0.39, 0.29) is 10.8 Å². The Balaban J connectivity index is 1.94. The van der Waals surface area contributed by atoms with E-state index < -0.39 is 10.0 Å². The molecule has 5 nitrogen and oxygen atoms in total. The Hall–Kier alpha value is -2.34. The Morgan fingerprint density at radius 3 is 2.65 bits per heavy atom. The molecule has 1 N–H and O–H groups in total. The molecule has 2 aromatic rings. The molecule has 3 rings (SSSR count). The molecule has 0 saturated carbocycles. The lowest BCUT2D eigenvalue weighted by Gasteiger charge is -2.20. The zero-order valence-corrected chi connectivity index (χ0v) is 16.1. The SMILES string of the molecule is Cc1ccc(S(=O)(=O)N2CCc3ccccc32)cc1C(=O)NCC(C)C. The van der Waals surface area contributed by atoms with E-state index in [2.05, 4.69) is 5.32 Å². The van der Waals surface area contributed by atoms with Crippen LogP contribution in [0.25, 0.3) is 0 Å². The summed E-state index contributed by atoms with van der Waals surface area (Å²) in [7, 11) is -3.70. The van der Waals surface area contributed by atoms with Crippen molar-refractivity contribution < 1.29 is 13.2 Å². The molecule has 0 unspecified atom stereocenters. The Labute approximate surface area is 155 Å². The number of rotatable bonds is 5. The fraction of sp³-hybridized carbons (Fsp3) is 0.350. The van der Waals surface area contributed by atoms with E-state index in [1.54, 1.807) is 12.1 Å². The van der Waals surface area contributed by atoms with E-state index in [9.17, 15) is 13.2 Å². The first kappa shape index (κ1) is 18.5. The first-order valence-electron chi connectivity index (χ1n) is 8.80. The Morgan fingerprint density at radius 1 is 1.19 bits per heavy atom. The lowest BCUT2D eigenvalue weighted by atomic mass is 10.1. The monoisotopic (exact) mass is 372 g/mol. The molecule has 6 heteroatoms. The number of amides is 1. The van der Waals surface area contributed by atoms with Gasteiger partial charge in [0.2, 0.25) is 0 Å². The van der Waals surface area contributed by atoms with Crippen molar-refractivity contribution in [2.45, 2.75) is 32.1 Å². The summed E-state index contributed by atoms with van der Waals surface area (Å²) in [6.07, 6.45) is 0.697. The van der Waals surface area contributed by atoms with E-state index in [4.69, 9.17) is 0 Å². The zero-order valence-electron chi connectivity index (χ0n) is 15.3. The van der Waals surface area contributed by atoms with E-state index in [1.165, 1.54) is 10.4 Å². The lowest BCUT2D eigenvalue weighted by molar-refractivity contribution is 0.0948. The van der Waals surface area contributed by atoms with Crippen molar-refractivity contribution in [3.8, 4) is 0 Å². The third-order valence-electron chi connectivity index (χ3n) is 4.56. The van der Waals surface area contributed by atoms with Gasteiger partial charge >= 0.3 is 0 Å². The summed E-state index contributed by atoms with van der Waals surface area (Å²) >= 11 is 0. The van der Waals surface area contributed by atoms with Gasteiger partial charge < -0.3 is 5.32 Å². The maximum absolute atomic E-state index is 13.1. The standard InChI is InChI=1S/C20H24N2O3S/c1-14(2)13-21-20(23)18-12-17(9-8-15(18)3)26(24,25)22-11-10-16-6-4-5-7-19(16)22/h4-9,12,14H,10-11,13H2,1-3H3,(H,21,23). The van der Waals surface area contributed by atoms with E-state index in [0.717, 1.165) is 16.8 Å². The van der Waals surface area contributed by atoms with Gasteiger partial charge in [-0.3, -0.25) is 9.10 Å². The van der Waals surface area contributed by atoms with Crippen LogP contribution < -0.4 is 9.62 Å². The minimum Gasteiger partial charge on any atom is -0.352 e. The molecule has 1 amide bonds. The van der Waals surface area contributed by atoms with Gasteiger partial charge in [-0.1, -0.05) is 38.1 Å². The predicted octanol–water partition coefficient (Wildman–Crippen LogP) is 3.13. The van der Waals surface area contributed by atoms with Crippen LogP contribution in [0.1, 0.15) is 35.3 Å². The largest absolute Gasteiger partial charge is 0.352 e. The Morgan fingerprint density at radius 2 is 1.92 bits per heavy atom. The van der Waals surface area contributed by atoms with Crippen molar-refractivity contribution in [2.24, 2.45) is 5.92 Å². The minimum atomic E-state index is -3.70. The molecule has 0 radical (unpaired) electrons. The topological polar surface area (TPSA) is 66.5 Å². The van der Waals surface area contributed by atoms with Crippen LogP contribution in [0.3, 0.4) is 0 Å². The minimum absolute atomic E-state index is 0.148. The highest BCUT2D eigenvalue weighted by molar-refractivity contribution is 7.92. The van der Waals surface area contributed by atoms with Crippen molar-refractivity contribution >= 4 is 21.6 Å². The maximum atomic E-state index is 13.1. The molecule has 0 atom stereocenters. The number of aryl methyl sites for hydroxylation is 1. The van der Waals surface area contributed by atoms with Gasteiger partial charge in [-0.2, -0.15) is 0 Å². The van der Waals surface area contributed by atoms with Gasteiger partial charge in [0.1, 0.15) is 0 Å². The summed E-state index contributed by atoms with van der Waals surface area (Å²) < 4.78 is 27.7. The highest BCUT2D eigenvalue weighted by atomic mass is 32.2. The summed E-state index contributed by atoms with van der Waals surface area (Å²) in [6, 6.07) is 12.3. The van der Waals surface area contributed by atoms with Gasteiger partial charge in [0.25, 0.3) is 15.9 Å². The van der Waals surface area contributed by atoms with Crippen molar-refractivity contribution in [1.29, 1.82) is 0 Å². The summed E-state index contributed by atoms with van der Waals surface area (Å²) in [4.78, 5) is 12.6. The molecule has 1 aliphatic rings. The van der Waals surface area contributed by atoms with E-state index in [1.807, 2.05) is 45.0 Å². The molecule has 1 aliphatic heterocycles. The number of sulfonamides is 1. The smallest absolute Gasteiger partial charge is 0.264 e. The van der Waals surface area contributed by atoms with Crippen LogP contribution in [0, 0.1) is 12.8 Å². The number of carbonyl (C=O) groups is 1. The van der Waals surface area contributed by atoms with Gasteiger partial charge in [-0.05, 0) is 48.6 Å². The summed E-state index contributed by atoms with van der Waals surface area (Å²) in [5.74, 6) is 0.0855. The molecule has 0 fully saturated rings. The van der Waals surface area contributed by atoms with Crippen LogP contribution in [0.15, 0.2) is 47.4 Å². The molecule has 138 valence electrons. The van der Waals surface area contributed by atoms with E-state index in [0.29, 0.717) is 31.0 Å². The number of carbonyl (C=O) groups excluding carboxylic acids is 1. The number of fused-ring (bicyclic) bond motifs is 1. The van der Waals surface area contributed by atoms with Gasteiger partial charge in [0.15, 0.2) is 0 Å². The predicted molar refractivity (Wildman–Crippen MR) is 103 cm³/mol. The second kappa shape index (κ2) is 7.11. The number of hydrogen-bond donors (Lipinski definition) is 1. The molecule has 0 saturated heterocycles. The number of nitrogens with zero attached hydrogens (tertiary/aromatic N) is 1. The number of hydrogen-bond acceptors (Lipinski definition) is 3. The van der Waals surface area contributed by atoms with Crippen LogP contribution in [0.2, 0.25) is 0 Å². The molecule has 1 heterocycles. The second-order valence-electron chi connectivity index (χ2n) is 7.04. The van der Waals surface area contributed by atoms with Crippen LogP contribution in [0.5, 0.6) is 0 Å². The van der Waals surface area contributed by atoms with E-state index >= 15 is 0 Å². The van der Waals surface area contributed by atoms with Crippen molar-refractivity contribution in [3.05, 3.63) is 59.2 Å². The van der Waals surface area contributed by atoms with Crippen LogP contribution in [-0.4, -0.2) is 27.4 Å². The molecule has 26 heavy (non-hydrogen) atoms. The molecule has 0 spiro atoms. The van der Waals surface area contributed by atoms with Gasteiger partial charge in [-0.25, -0.2) is 8.42 Å². The summed E-state index contributed by atoms with van der Waals surface area (Å²) in [5, 5.41) is 2.86. The van der Waals surface area contributed by atoms with Crippen LogP contribution >= 0.6 is 0 Å². The van der Waals surface area contributed by atoms with Crippen molar-refractivity contribution in [3.63, 3.8) is 0 Å². The third-order valence-corrected chi connectivity index (χ3v) is 6.37. The number of para-hydroxylation sites is 1. The molecular formula is C20H24N2O3S. The van der Waals surface area contributed by atoms with Gasteiger partial charge in [0.05, 0.1) is 10.6 Å². The van der Waals surface area contributed by atoms with Crippen LogP contribution in [0.4, 0.5) is 5.69 Å². The number of anilines is 1. The average molecular weight is 372 g/mol. The molecule has 0 aliphatic carbocycles. The quantitative estimate of drug-likeness (QED) is 0.877. The number of benzene rings is 2. The average Bonchev–Trinajstić information content (AvgIpc) is 3.04. The Kier molecular flexibility index (Phi) is 5.05. The first-order chi connectivity index (χ1) is 12.3. The second-order valence-corrected chi connectivity index (χ2v) is 8.90. The molecule has 0 aromatic heterocycles. The third kappa shape index (κ3) is 3.46. The fourth-order valence-electron chi connectivity index (χ4n) is 3.08. The molecule has 0 bridgehead atoms. The van der Waals surface area contributed by atoms with Crippen molar-refractivity contribution in [2.75, 3.05) is 17.4 Å². The highest BCUT2D eigenvalue weighted by Gasteiger charge is 2.31. The molecular weight excluding hydrogens is 348 g/mol. The first-order valence-corrected chi connectivity index (χ1v) is 10.2. The zero-order chi connectivity index (χ0) is 18.9. The van der Waals surface area contributed by atoms with Crippen LogP contribution in [-0.2, 0) is 16.4 Å². The summed E-state index contributed by atoms with van der Waals surface area (Å²) in [6.45, 7) is 6.81. The van der Waals surface area contributed by atoms with Gasteiger partial charge in [-0.15, -0.1) is 0 Å². The maximum Gasteiger partial charge on any atom is 0.264 e. The van der Waals surface area contributed by atoms with Gasteiger partial charge in [0, 0.05) is 18.7 Å². The molecule has 2 aromatic carbocycles. The highest BCUT2D eigenvalue weighted by Crippen LogP contribution is 2.33. The number of nitrogens with one attached hydrogen (secondary N) is 1. The normalized spacial score (nSPS) is 13.8. The fourth-order valence-corrected chi connectivity index (χ4v) is 4.61.